The monoisotopic (exact) mass is 446 g/mol. The predicted octanol–water partition coefficient (Wildman–Crippen LogP) is 3.93. The van der Waals surface area contributed by atoms with Crippen LogP contribution in [0.15, 0.2) is 78.9 Å². The summed E-state index contributed by atoms with van der Waals surface area (Å²) < 4.78 is 16.5. The molecule has 33 heavy (non-hydrogen) atoms. The van der Waals surface area contributed by atoms with E-state index >= 15 is 0 Å². The third kappa shape index (κ3) is 6.34. The number of carbonyl (C=O) groups excluding carboxylic acids is 1. The second kappa shape index (κ2) is 11.5. The van der Waals surface area contributed by atoms with E-state index in [4.69, 9.17) is 14.2 Å². The van der Waals surface area contributed by atoms with Crippen molar-refractivity contribution in [2.45, 2.75) is 6.04 Å². The summed E-state index contributed by atoms with van der Waals surface area (Å²) in [6, 6.07) is 26.0. The smallest absolute Gasteiger partial charge is 0.258 e. The molecule has 1 saturated heterocycles. The van der Waals surface area contributed by atoms with Gasteiger partial charge in [-0.2, -0.15) is 0 Å². The molecule has 1 amide bonds. The summed E-state index contributed by atoms with van der Waals surface area (Å²) in [4.78, 5) is 14.9. The Morgan fingerprint density at radius 3 is 2.21 bits per heavy atom. The largest absolute Gasteiger partial charge is 0.497 e. The van der Waals surface area contributed by atoms with Gasteiger partial charge in [-0.3, -0.25) is 9.69 Å². The minimum Gasteiger partial charge on any atom is -0.497 e. The lowest BCUT2D eigenvalue weighted by Gasteiger charge is -2.35. The number of hydrogen-bond donors (Lipinski definition) is 1. The molecule has 0 saturated carbocycles. The summed E-state index contributed by atoms with van der Waals surface area (Å²) in [6.07, 6.45) is 0. The molecule has 3 aromatic carbocycles. The number of rotatable bonds is 9. The summed E-state index contributed by atoms with van der Waals surface area (Å²) in [5, 5.41) is 3.04. The average Bonchev–Trinajstić information content (AvgIpc) is 2.89. The zero-order chi connectivity index (χ0) is 22.9. The van der Waals surface area contributed by atoms with Crippen LogP contribution in [-0.2, 0) is 9.53 Å². The van der Waals surface area contributed by atoms with E-state index in [-0.39, 0.29) is 18.6 Å². The first-order chi connectivity index (χ1) is 16.2. The molecule has 6 nitrogen and oxygen atoms in total. The van der Waals surface area contributed by atoms with Crippen LogP contribution in [0.5, 0.6) is 11.5 Å². The van der Waals surface area contributed by atoms with Gasteiger partial charge < -0.3 is 19.5 Å². The number of hydrogen-bond acceptors (Lipinski definition) is 5. The summed E-state index contributed by atoms with van der Waals surface area (Å²) >= 11 is 0. The maximum atomic E-state index is 12.5. The number of carbonyl (C=O) groups is 1. The highest BCUT2D eigenvalue weighted by Gasteiger charge is 2.23. The fourth-order valence-electron chi connectivity index (χ4n) is 3.96. The van der Waals surface area contributed by atoms with Gasteiger partial charge in [0.25, 0.3) is 5.91 Å². The van der Waals surface area contributed by atoms with Gasteiger partial charge in [0, 0.05) is 19.6 Å². The first-order valence-corrected chi connectivity index (χ1v) is 11.2. The van der Waals surface area contributed by atoms with Crippen molar-refractivity contribution in [3.8, 4) is 22.6 Å². The molecule has 1 aliphatic heterocycles. The van der Waals surface area contributed by atoms with Crippen molar-refractivity contribution in [1.29, 1.82) is 0 Å². The van der Waals surface area contributed by atoms with E-state index in [1.807, 2.05) is 54.6 Å². The highest BCUT2D eigenvalue weighted by atomic mass is 16.5. The second-order valence-corrected chi connectivity index (χ2v) is 7.92. The molecule has 3 aromatic rings. The van der Waals surface area contributed by atoms with Crippen molar-refractivity contribution in [2.24, 2.45) is 0 Å². The Labute approximate surface area is 195 Å². The van der Waals surface area contributed by atoms with Gasteiger partial charge >= 0.3 is 0 Å². The lowest BCUT2D eigenvalue weighted by molar-refractivity contribution is -0.123. The van der Waals surface area contributed by atoms with Crippen LogP contribution >= 0.6 is 0 Å². The fraction of sp³-hybridized carbons (Fsp3) is 0.296. The van der Waals surface area contributed by atoms with E-state index in [2.05, 4.69) is 34.5 Å². The Morgan fingerprint density at radius 1 is 0.909 bits per heavy atom. The third-order valence-electron chi connectivity index (χ3n) is 5.81. The van der Waals surface area contributed by atoms with E-state index in [1.54, 1.807) is 7.11 Å². The SMILES string of the molecule is COc1ccc([C@@H](CNC(=O)COc2ccc(-c3ccccc3)cc2)N2CCOCC2)cc1. The van der Waals surface area contributed by atoms with Gasteiger partial charge in [-0.25, -0.2) is 0 Å². The topological polar surface area (TPSA) is 60.0 Å². The van der Waals surface area contributed by atoms with E-state index in [0.29, 0.717) is 25.5 Å². The standard InChI is InChI=1S/C27H30N2O4/c1-31-24-11-9-23(10-12-24)26(29-15-17-32-18-16-29)19-28-27(30)20-33-25-13-7-22(8-14-25)21-5-3-2-4-6-21/h2-14,26H,15-20H2,1H3,(H,28,30)/t26-/m1/s1. The number of nitrogens with one attached hydrogen (secondary N) is 1. The molecule has 0 bridgehead atoms. The summed E-state index contributed by atoms with van der Waals surface area (Å²) in [5.41, 5.74) is 3.39. The molecule has 1 aliphatic rings. The molecule has 0 radical (unpaired) electrons. The normalized spacial score (nSPS) is 14.9. The van der Waals surface area contributed by atoms with Gasteiger partial charge in [-0.15, -0.1) is 0 Å². The number of morpholine rings is 1. The molecule has 0 spiro atoms. The van der Waals surface area contributed by atoms with Crippen LogP contribution < -0.4 is 14.8 Å². The van der Waals surface area contributed by atoms with Gasteiger partial charge in [0.05, 0.1) is 26.4 Å². The van der Waals surface area contributed by atoms with Crippen molar-refractivity contribution in [1.82, 2.24) is 10.2 Å². The Balaban J connectivity index is 1.32. The molecule has 0 aromatic heterocycles. The van der Waals surface area contributed by atoms with Crippen molar-refractivity contribution in [3.05, 3.63) is 84.4 Å². The van der Waals surface area contributed by atoms with E-state index in [9.17, 15) is 4.79 Å². The van der Waals surface area contributed by atoms with E-state index in [1.165, 1.54) is 0 Å². The fourth-order valence-corrected chi connectivity index (χ4v) is 3.96. The van der Waals surface area contributed by atoms with Crippen LogP contribution in [0.3, 0.4) is 0 Å². The van der Waals surface area contributed by atoms with Crippen LogP contribution in [0, 0.1) is 0 Å². The molecular formula is C27H30N2O4. The predicted molar refractivity (Wildman–Crippen MR) is 129 cm³/mol. The molecule has 1 N–H and O–H groups in total. The maximum Gasteiger partial charge on any atom is 0.258 e. The van der Waals surface area contributed by atoms with E-state index in [0.717, 1.165) is 35.5 Å². The zero-order valence-electron chi connectivity index (χ0n) is 18.9. The summed E-state index contributed by atoms with van der Waals surface area (Å²) in [6.45, 7) is 3.53. The first kappa shape index (κ1) is 22.8. The minimum atomic E-state index is -0.145. The zero-order valence-corrected chi connectivity index (χ0v) is 18.9. The van der Waals surface area contributed by atoms with Crippen molar-refractivity contribution in [2.75, 3.05) is 46.6 Å². The lowest BCUT2D eigenvalue weighted by Crippen LogP contribution is -2.44. The van der Waals surface area contributed by atoms with Gasteiger partial charge in [-0.1, -0.05) is 54.6 Å². The first-order valence-electron chi connectivity index (χ1n) is 11.2. The Bertz CT molecular complexity index is 1000. The van der Waals surface area contributed by atoms with Gasteiger partial charge in [-0.05, 0) is 41.0 Å². The third-order valence-corrected chi connectivity index (χ3v) is 5.81. The molecule has 4 rings (SSSR count). The van der Waals surface area contributed by atoms with Crippen LogP contribution in [0.1, 0.15) is 11.6 Å². The number of amides is 1. The lowest BCUT2D eigenvalue weighted by atomic mass is 10.0. The quantitative estimate of drug-likeness (QED) is 0.540. The number of ether oxygens (including phenoxy) is 3. The molecule has 0 aliphatic carbocycles. The molecular weight excluding hydrogens is 416 g/mol. The number of benzene rings is 3. The minimum absolute atomic E-state index is 0.0247. The number of nitrogens with zero attached hydrogens (tertiary/aromatic N) is 1. The molecule has 0 unspecified atom stereocenters. The Morgan fingerprint density at radius 2 is 1.55 bits per heavy atom. The van der Waals surface area contributed by atoms with Crippen LogP contribution in [0.2, 0.25) is 0 Å². The van der Waals surface area contributed by atoms with Crippen molar-refractivity contribution >= 4 is 5.91 Å². The average molecular weight is 447 g/mol. The Hall–Kier alpha value is -3.35. The van der Waals surface area contributed by atoms with Gasteiger partial charge in [0.15, 0.2) is 6.61 Å². The highest BCUT2D eigenvalue weighted by Crippen LogP contribution is 2.24. The molecule has 172 valence electrons. The van der Waals surface area contributed by atoms with Gasteiger partial charge in [0.1, 0.15) is 11.5 Å². The second-order valence-electron chi connectivity index (χ2n) is 7.92. The summed E-state index contributed by atoms with van der Waals surface area (Å²) in [7, 11) is 1.66. The van der Waals surface area contributed by atoms with E-state index < -0.39 is 0 Å². The molecule has 1 atom stereocenters. The summed E-state index contributed by atoms with van der Waals surface area (Å²) in [5.74, 6) is 1.34. The van der Waals surface area contributed by atoms with Crippen molar-refractivity contribution in [3.63, 3.8) is 0 Å². The Kier molecular flexibility index (Phi) is 7.95. The van der Waals surface area contributed by atoms with Crippen LogP contribution in [0.4, 0.5) is 0 Å². The maximum absolute atomic E-state index is 12.5. The molecule has 1 fully saturated rings. The number of methoxy groups -OCH3 is 1. The van der Waals surface area contributed by atoms with Crippen LogP contribution in [0.25, 0.3) is 11.1 Å². The molecule has 6 heteroatoms. The molecule has 1 heterocycles. The highest BCUT2D eigenvalue weighted by molar-refractivity contribution is 5.77. The van der Waals surface area contributed by atoms with Crippen LogP contribution in [-0.4, -0.2) is 57.4 Å². The van der Waals surface area contributed by atoms with Crippen molar-refractivity contribution < 1.29 is 19.0 Å². The van der Waals surface area contributed by atoms with Gasteiger partial charge in [0.2, 0.25) is 0 Å².